The first-order valence-corrected chi connectivity index (χ1v) is 7.97. The molecule has 0 saturated carbocycles. The summed E-state index contributed by atoms with van der Waals surface area (Å²) >= 11 is 0. The molecule has 25 heavy (non-hydrogen) atoms. The summed E-state index contributed by atoms with van der Waals surface area (Å²) < 4.78 is 10.7. The predicted molar refractivity (Wildman–Crippen MR) is 89.9 cm³/mol. The van der Waals surface area contributed by atoms with Crippen LogP contribution < -0.4 is 19.7 Å². The molecule has 9 heteroatoms. The van der Waals surface area contributed by atoms with E-state index in [1.54, 1.807) is 21.3 Å². The normalized spacial score (nSPS) is 24.8. The van der Waals surface area contributed by atoms with Gasteiger partial charge in [0.15, 0.2) is 12.2 Å². The van der Waals surface area contributed by atoms with Crippen molar-refractivity contribution in [2.75, 3.05) is 39.3 Å². The number of rotatable bonds is 3. The lowest BCUT2D eigenvalue weighted by Gasteiger charge is -2.34. The van der Waals surface area contributed by atoms with E-state index in [2.05, 4.69) is 10.3 Å². The van der Waals surface area contributed by atoms with E-state index >= 15 is 0 Å². The number of aliphatic imine (C=N–C) groups is 1. The Morgan fingerprint density at radius 1 is 1.20 bits per heavy atom. The molecule has 9 nitrogen and oxygen atoms in total. The number of anilines is 1. The number of methoxy groups -OCH3 is 2. The minimum Gasteiger partial charge on any atom is -0.497 e. The fourth-order valence-electron chi connectivity index (χ4n) is 3.52. The van der Waals surface area contributed by atoms with Crippen LogP contribution in [0.25, 0.3) is 0 Å². The molecular weight excluding hydrogens is 326 g/mol. The maximum absolute atomic E-state index is 12.3. The maximum atomic E-state index is 12.3. The van der Waals surface area contributed by atoms with Crippen LogP contribution in [0.15, 0.2) is 23.2 Å². The van der Waals surface area contributed by atoms with Crippen molar-refractivity contribution in [2.45, 2.75) is 12.2 Å². The van der Waals surface area contributed by atoms with E-state index in [9.17, 15) is 9.59 Å². The molecule has 132 valence electrons. The number of amides is 3. The van der Waals surface area contributed by atoms with Crippen molar-refractivity contribution in [1.29, 1.82) is 0 Å². The van der Waals surface area contributed by atoms with Crippen molar-refractivity contribution in [3.63, 3.8) is 0 Å². The number of ether oxygens (including phenoxy) is 2. The average molecular weight is 345 g/mol. The highest BCUT2D eigenvalue weighted by Gasteiger charge is 2.52. The van der Waals surface area contributed by atoms with Gasteiger partial charge >= 0.3 is 6.03 Å². The Hall–Kier alpha value is -2.97. The van der Waals surface area contributed by atoms with Crippen LogP contribution in [0.2, 0.25) is 0 Å². The molecule has 0 bridgehead atoms. The lowest BCUT2D eigenvalue weighted by Crippen LogP contribution is -2.63. The quantitative estimate of drug-likeness (QED) is 0.834. The van der Waals surface area contributed by atoms with Crippen LogP contribution in [0, 0.1) is 0 Å². The highest BCUT2D eigenvalue weighted by atomic mass is 16.5. The number of nitrogens with one attached hydrogen (secondary N) is 1. The van der Waals surface area contributed by atoms with Gasteiger partial charge in [-0.25, -0.2) is 9.79 Å². The van der Waals surface area contributed by atoms with E-state index in [-0.39, 0.29) is 5.91 Å². The zero-order valence-corrected chi connectivity index (χ0v) is 14.2. The number of benzene rings is 1. The number of imide groups is 1. The summed E-state index contributed by atoms with van der Waals surface area (Å²) in [4.78, 5) is 34.2. The summed E-state index contributed by atoms with van der Waals surface area (Å²) in [5.41, 5.74) is 0.845. The van der Waals surface area contributed by atoms with Crippen LogP contribution in [0.4, 0.5) is 10.5 Å². The number of fused-ring (bicyclic) bond motifs is 3. The van der Waals surface area contributed by atoms with Crippen LogP contribution in [0.3, 0.4) is 0 Å². The Labute approximate surface area is 144 Å². The van der Waals surface area contributed by atoms with Gasteiger partial charge in [-0.15, -0.1) is 0 Å². The second-order valence-corrected chi connectivity index (χ2v) is 6.08. The van der Waals surface area contributed by atoms with Gasteiger partial charge in [-0.2, -0.15) is 0 Å². The van der Waals surface area contributed by atoms with Gasteiger partial charge in [-0.05, 0) is 12.1 Å². The SMILES string of the molecule is COc1ccc(N2CCN3C2=NC2C3C(=O)NC(=O)N2C)c(OC)c1. The van der Waals surface area contributed by atoms with Crippen molar-refractivity contribution in [3.05, 3.63) is 18.2 Å². The molecule has 1 aromatic rings. The smallest absolute Gasteiger partial charge is 0.325 e. The van der Waals surface area contributed by atoms with Gasteiger partial charge in [-0.3, -0.25) is 10.1 Å². The topological polar surface area (TPSA) is 86.7 Å². The molecule has 2 atom stereocenters. The number of likely N-dealkylation sites (N-methyl/N-ethyl adjacent to an activating group) is 1. The number of guanidine groups is 1. The van der Waals surface area contributed by atoms with E-state index in [0.29, 0.717) is 30.5 Å². The fourth-order valence-corrected chi connectivity index (χ4v) is 3.52. The first-order valence-electron chi connectivity index (χ1n) is 7.97. The van der Waals surface area contributed by atoms with Gasteiger partial charge in [0.05, 0.1) is 19.9 Å². The minimum absolute atomic E-state index is 0.310. The molecule has 1 N–H and O–H groups in total. The maximum Gasteiger partial charge on any atom is 0.325 e. The first kappa shape index (κ1) is 15.6. The minimum atomic E-state index is -0.511. The molecule has 4 rings (SSSR count). The Kier molecular flexibility index (Phi) is 3.45. The van der Waals surface area contributed by atoms with Crippen LogP contribution in [-0.2, 0) is 4.79 Å². The van der Waals surface area contributed by atoms with E-state index in [1.165, 1.54) is 4.90 Å². The largest absolute Gasteiger partial charge is 0.497 e. The summed E-state index contributed by atoms with van der Waals surface area (Å²) in [7, 11) is 4.84. The fraction of sp³-hybridized carbons (Fsp3) is 0.438. The second-order valence-electron chi connectivity index (χ2n) is 6.08. The van der Waals surface area contributed by atoms with Crippen LogP contribution in [0.5, 0.6) is 11.5 Å². The Morgan fingerprint density at radius 2 is 2.00 bits per heavy atom. The molecule has 2 unspecified atom stereocenters. The molecule has 2 fully saturated rings. The van der Waals surface area contributed by atoms with Crippen molar-refractivity contribution in [2.24, 2.45) is 4.99 Å². The molecule has 3 amide bonds. The van der Waals surface area contributed by atoms with Crippen molar-refractivity contribution in [3.8, 4) is 11.5 Å². The van der Waals surface area contributed by atoms with Gasteiger partial charge < -0.3 is 24.2 Å². The molecule has 1 aromatic carbocycles. The van der Waals surface area contributed by atoms with Crippen molar-refractivity contribution in [1.82, 2.24) is 15.1 Å². The van der Waals surface area contributed by atoms with Crippen LogP contribution in [-0.4, -0.2) is 74.3 Å². The Morgan fingerprint density at radius 3 is 2.72 bits per heavy atom. The molecule has 2 saturated heterocycles. The number of hydrogen-bond donors (Lipinski definition) is 1. The summed E-state index contributed by atoms with van der Waals surface area (Å²) in [6, 6.07) is 4.65. The molecule has 0 radical (unpaired) electrons. The molecule has 3 heterocycles. The van der Waals surface area contributed by atoms with E-state index < -0.39 is 18.2 Å². The van der Waals surface area contributed by atoms with Gasteiger partial charge in [0.1, 0.15) is 11.5 Å². The van der Waals surface area contributed by atoms with Crippen molar-refractivity contribution < 1.29 is 19.1 Å². The van der Waals surface area contributed by atoms with E-state index in [0.717, 1.165) is 5.69 Å². The number of nitrogens with zero attached hydrogens (tertiary/aromatic N) is 4. The zero-order valence-electron chi connectivity index (χ0n) is 14.2. The molecule has 3 aliphatic heterocycles. The zero-order chi connectivity index (χ0) is 17.7. The second kappa shape index (κ2) is 5.54. The summed E-state index contributed by atoms with van der Waals surface area (Å²) in [6.07, 6.45) is -0.511. The molecule has 0 aromatic heterocycles. The monoisotopic (exact) mass is 345 g/mol. The summed E-state index contributed by atoms with van der Waals surface area (Å²) in [5.74, 6) is 1.72. The van der Waals surface area contributed by atoms with E-state index in [1.807, 2.05) is 28.0 Å². The van der Waals surface area contributed by atoms with Crippen molar-refractivity contribution >= 4 is 23.6 Å². The van der Waals surface area contributed by atoms with Gasteiger partial charge in [0, 0.05) is 26.2 Å². The number of hydrogen-bond acceptors (Lipinski definition) is 7. The molecule has 3 aliphatic rings. The van der Waals surface area contributed by atoms with Gasteiger partial charge in [-0.1, -0.05) is 0 Å². The third kappa shape index (κ3) is 2.19. The first-order chi connectivity index (χ1) is 12.0. The van der Waals surface area contributed by atoms with Crippen LogP contribution in [0.1, 0.15) is 0 Å². The average Bonchev–Trinajstić information content (AvgIpc) is 3.18. The molecule has 0 aliphatic carbocycles. The third-order valence-electron chi connectivity index (χ3n) is 4.82. The highest BCUT2D eigenvalue weighted by Crippen LogP contribution is 2.37. The summed E-state index contributed by atoms with van der Waals surface area (Å²) in [5, 5.41) is 2.38. The number of urea groups is 1. The Balaban J connectivity index is 1.71. The highest BCUT2D eigenvalue weighted by molar-refractivity contribution is 6.08. The van der Waals surface area contributed by atoms with E-state index in [4.69, 9.17) is 9.47 Å². The third-order valence-corrected chi connectivity index (χ3v) is 4.82. The van der Waals surface area contributed by atoms with Gasteiger partial charge in [0.2, 0.25) is 5.96 Å². The Bertz CT molecular complexity index is 780. The van der Waals surface area contributed by atoms with Crippen LogP contribution >= 0.6 is 0 Å². The summed E-state index contributed by atoms with van der Waals surface area (Å²) in [6.45, 7) is 1.32. The molecule has 0 spiro atoms. The predicted octanol–water partition coefficient (Wildman–Crippen LogP) is 0.0717. The lowest BCUT2D eigenvalue weighted by molar-refractivity contribution is -0.126. The standard InChI is InChI=1S/C16H19N5O4/c1-19-13-12(14(22)18-16(19)23)21-7-6-20(15(21)17-13)10-5-4-9(24-2)8-11(10)25-3/h4-5,8,12-13H,6-7H2,1-3H3,(H,18,22,23). The molecular formula is C16H19N5O4. The van der Waals surface area contributed by atoms with Gasteiger partial charge in [0.25, 0.3) is 5.91 Å². The number of carbonyl (C=O) groups is 2. The lowest BCUT2D eigenvalue weighted by atomic mass is 10.1. The number of carbonyl (C=O) groups excluding carboxylic acids is 2.